The number of carbonyl (C=O) groups excluding carboxylic acids is 1. The number of anilines is 2. The lowest BCUT2D eigenvalue weighted by molar-refractivity contribution is -0.116. The molecule has 0 radical (unpaired) electrons. The van der Waals surface area contributed by atoms with Gasteiger partial charge in [0.1, 0.15) is 0 Å². The van der Waals surface area contributed by atoms with E-state index in [1.54, 1.807) is 12.4 Å². The number of hydrogen-bond acceptors (Lipinski definition) is 5. The molecule has 0 spiro atoms. The first-order chi connectivity index (χ1) is 12.3. The summed E-state index contributed by atoms with van der Waals surface area (Å²) in [5.41, 5.74) is 3.18. The first-order valence-electron chi connectivity index (χ1n) is 8.25. The van der Waals surface area contributed by atoms with Gasteiger partial charge in [0.05, 0.1) is 0 Å². The number of fused-ring (bicyclic) bond motifs is 1. The van der Waals surface area contributed by atoms with Crippen molar-refractivity contribution in [3.63, 3.8) is 0 Å². The number of aromatic amines is 1. The van der Waals surface area contributed by atoms with Gasteiger partial charge in [0.15, 0.2) is 5.82 Å². The molecule has 0 bridgehead atoms. The number of carbonyl (C=O) groups is 1. The Morgan fingerprint density at radius 2 is 2.04 bits per heavy atom. The van der Waals surface area contributed by atoms with Crippen LogP contribution in [0.1, 0.15) is 24.3 Å². The Morgan fingerprint density at radius 1 is 1.20 bits per heavy atom. The average molecular weight is 334 g/mol. The second-order valence-electron chi connectivity index (χ2n) is 6.00. The number of nitrogens with one attached hydrogen (secondary N) is 3. The molecule has 3 heterocycles. The standard InChI is InChI=1S/C18H18N6O/c25-16(11-13-7-10-20-15-4-2-1-3-14(13)15)21-18-22-17(23-24-18)12-5-8-19-9-6-12/h1-6,8-9,13,20H,7,10-11H2,(H2,21,22,23,24,25). The molecule has 7 nitrogen and oxygen atoms in total. The molecule has 1 aliphatic heterocycles. The minimum atomic E-state index is -0.0815. The summed E-state index contributed by atoms with van der Waals surface area (Å²) < 4.78 is 0. The quantitative estimate of drug-likeness (QED) is 0.682. The van der Waals surface area contributed by atoms with E-state index >= 15 is 0 Å². The van der Waals surface area contributed by atoms with Gasteiger partial charge in [-0.05, 0) is 36.1 Å². The number of nitrogens with zero attached hydrogens (tertiary/aromatic N) is 3. The lowest BCUT2D eigenvalue weighted by Gasteiger charge is -2.26. The van der Waals surface area contributed by atoms with E-state index in [9.17, 15) is 4.79 Å². The number of benzene rings is 1. The van der Waals surface area contributed by atoms with Crippen molar-refractivity contribution in [3.05, 3.63) is 54.4 Å². The lowest BCUT2D eigenvalue weighted by Crippen LogP contribution is -2.22. The van der Waals surface area contributed by atoms with Crippen LogP contribution >= 0.6 is 0 Å². The highest BCUT2D eigenvalue weighted by Gasteiger charge is 2.22. The summed E-state index contributed by atoms with van der Waals surface area (Å²) in [5.74, 6) is 1.02. The Hall–Kier alpha value is -3.22. The largest absolute Gasteiger partial charge is 0.385 e. The normalized spacial score (nSPS) is 15.9. The van der Waals surface area contributed by atoms with E-state index in [1.807, 2.05) is 24.3 Å². The number of para-hydroxylation sites is 1. The molecule has 0 saturated carbocycles. The molecule has 1 atom stereocenters. The Morgan fingerprint density at radius 3 is 2.92 bits per heavy atom. The highest BCUT2D eigenvalue weighted by atomic mass is 16.1. The molecule has 4 rings (SSSR count). The van der Waals surface area contributed by atoms with Crippen LogP contribution in [-0.2, 0) is 4.79 Å². The second-order valence-corrected chi connectivity index (χ2v) is 6.00. The molecule has 1 aliphatic rings. The zero-order valence-electron chi connectivity index (χ0n) is 13.6. The van der Waals surface area contributed by atoms with E-state index in [0.717, 1.165) is 24.2 Å². The van der Waals surface area contributed by atoms with Crippen LogP contribution < -0.4 is 10.6 Å². The summed E-state index contributed by atoms with van der Waals surface area (Å²) in [6.07, 6.45) is 4.72. The first-order valence-corrected chi connectivity index (χ1v) is 8.25. The highest BCUT2D eigenvalue weighted by molar-refractivity contribution is 5.90. The Bertz CT molecular complexity index is 876. The molecule has 0 aliphatic carbocycles. The van der Waals surface area contributed by atoms with Crippen molar-refractivity contribution in [1.29, 1.82) is 0 Å². The molecule has 2 aromatic heterocycles. The van der Waals surface area contributed by atoms with Gasteiger partial charge in [0.25, 0.3) is 0 Å². The van der Waals surface area contributed by atoms with E-state index in [0.29, 0.717) is 18.2 Å². The van der Waals surface area contributed by atoms with Crippen LogP contribution in [0.2, 0.25) is 0 Å². The molecular weight excluding hydrogens is 316 g/mol. The van der Waals surface area contributed by atoms with Gasteiger partial charge in [0, 0.05) is 36.6 Å². The smallest absolute Gasteiger partial charge is 0.249 e. The molecule has 7 heteroatoms. The lowest BCUT2D eigenvalue weighted by atomic mass is 9.88. The van der Waals surface area contributed by atoms with Crippen LogP contribution in [0.3, 0.4) is 0 Å². The molecular formula is C18H18N6O. The molecule has 1 aromatic carbocycles. The van der Waals surface area contributed by atoms with Crippen molar-refractivity contribution in [2.75, 3.05) is 17.2 Å². The Kier molecular flexibility index (Phi) is 4.12. The molecule has 0 fully saturated rings. The molecule has 25 heavy (non-hydrogen) atoms. The van der Waals surface area contributed by atoms with Crippen LogP contribution in [0, 0.1) is 0 Å². The van der Waals surface area contributed by atoms with Crippen molar-refractivity contribution in [1.82, 2.24) is 20.2 Å². The van der Waals surface area contributed by atoms with Gasteiger partial charge in [-0.15, -0.1) is 5.10 Å². The number of amides is 1. The van der Waals surface area contributed by atoms with Crippen molar-refractivity contribution in [3.8, 4) is 11.4 Å². The minimum Gasteiger partial charge on any atom is -0.385 e. The number of pyridine rings is 1. The Balaban J connectivity index is 1.43. The zero-order valence-corrected chi connectivity index (χ0v) is 13.6. The molecule has 0 saturated heterocycles. The fourth-order valence-electron chi connectivity index (χ4n) is 3.12. The summed E-state index contributed by atoms with van der Waals surface area (Å²) in [7, 11) is 0. The van der Waals surface area contributed by atoms with Gasteiger partial charge in [-0.2, -0.15) is 4.98 Å². The number of H-pyrrole nitrogens is 1. The third-order valence-electron chi connectivity index (χ3n) is 4.33. The van der Waals surface area contributed by atoms with Gasteiger partial charge < -0.3 is 5.32 Å². The molecule has 1 unspecified atom stereocenters. The average Bonchev–Trinajstić information content (AvgIpc) is 3.11. The predicted octanol–water partition coefficient (Wildman–Crippen LogP) is 2.79. The van der Waals surface area contributed by atoms with E-state index in [2.05, 4.69) is 42.9 Å². The maximum atomic E-state index is 12.4. The summed E-state index contributed by atoms with van der Waals surface area (Å²) in [4.78, 5) is 20.7. The zero-order chi connectivity index (χ0) is 17.1. The minimum absolute atomic E-state index is 0.0815. The van der Waals surface area contributed by atoms with Gasteiger partial charge in [-0.1, -0.05) is 18.2 Å². The van der Waals surface area contributed by atoms with Crippen molar-refractivity contribution in [2.45, 2.75) is 18.8 Å². The molecule has 3 N–H and O–H groups in total. The SMILES string of the molecule is O=C(CC1CCNc2ccccc21)Nc1n[nH]c(-c2ccncc2)n1. The van der Waals surface area contributed by atoms with Crippen LogP contribution in [0.15, 0.2) is 48.8 Å². The predicted molar refractivity (Wildman–Crippen MR) is 95.2 cm³/mol. The van der Waals surface area contributed by atoms with Crippen LogP contribution in [0.25, 0.3) is 11.4 Å². The maximum absolute atomic E-state index is 12.4. The second kappa shape index (κ2) is 6.72. The number of rotatable bonds is 4. The maximum Gasteiger partial charge on any atom is 0.249 e. The van der Waals surface area contributed by atoms with Gasteiger partial charge in [-0.25, -0.2) is 0 Å². The van der Waals surface area contributed by atoms with Crippen LogP contribution in [0.4, 0.5) is 11.6 Å². The summed E-state index contributed by atoms with van der Waals surface area (Å²) in [5, 5.41) is 13.1. The van der Waals surface area contributed by atoms with E-state index in [1.165, 1.54) is 5.56 Å². The molecule has 1 amide bonds. The number of aromatic nitrogens is 4. The summed E-state index contributed by atoms with van der Waals surface area (Å²) in [6, 6.07) is 11.8. The van der Waals surface area contributed by atoms with Crippen molar-refractivity contribution in [2.24, 2.45) is 0 Å². The van der Waals surface area contributed by atoms with Crippen molar-refractivity contribution >= 4 is 17.5 Å². The van der Waals surface area contributed by atoms with E-state index < -0.39 is 0 Å². The Labute approximate surface area is 144 Å². The highest BCUT2D eigenvalue weighted by Crippen LogP contribution is 2.33. The fraction of sp³-hybridized carbons (Fsp3) is 0.222. The van der Waals surface area contributed by atoms with E-state index in [4.69, 9.17) is 0 Å². The van der Waals surface area contributed by atoms with Gasteiger partial charge in [0.2, 0.25) is 11.9 Å². The van der Waals surface area contributed by atoms with E-state index in [-0.39, 0.29) is 11.8 Å². The van der Waals surface area contributed by atoms with Crippen molar-refractivity contribution < 1.29 is 4.79 Å². The van der Waals surface area contributed by atoms with Crippen LogP contribution in [0.5, 0.6) is 0 Å². The molecule has 126 valence electrons. The van der Waals surface area contributed by atoms with Gasteiger partial charge in [-0.3, -0.25) is 20.2 Å². The topological polar surface area (TPSA) is 95.6 Å². The first kappa shape index (κ1) is 15.3. The van der Waals surface area contributed by atoms with Gasteiger partial charge >= 0.3 is 0 Å². The fourth-order valence-corrected chi connectivity index (χ4v) is 3.12. The molecule has 3 aromatic rings. The third-order valence-corrected chi connectivity index (χ3v) is 4.33. The monoisotopic (exact) mass is 334 g/mol. The summed E-state index contributed by atoms with van der Waals surface area (Å²) in [6.45, 7) is 0.877. The van der Waals surface area contributed by atoms with Crippen LogP contribution in [-0.4, -0.2) is 32.6 Å². The third kappa shape index (κ3) is 3.35. The number of hydrogen-bond donors (Lipinski definition) is 3. The summed E-state index contributed by atoms with van der Waals surface area (Å²) >= 11 is 0.